The van der Waals surface area contributed by atoms with Crippen LogP contribution in [-0.2, 0) is 6.54 Å². The number of carbonyl (C=O) groups excluding carboxylic acids is 1. The standard InChI is InChI=1S/C21H17N3O2/c1-26-18-10-9-15(13-5-2-3-6-14(13)18)20-23-17-8-4-7-16-19(17)24(20)12-11-22-21(16)25/h2-10H,11-12H2,1H3,(H,22,25). The Morgan fingerprint density at radius 1 is 1.00 bits per heavy atom. The third-order valence-corrected chi connectivity index (χ3v) is 4.98. The fourth-order valence-electron chi connectivity index (χ4n) is 3.81. The normalized spacial score (nSPS) is 13.7. The summed E-state index contributed by atoms with van der Waals surface area (Å²) in [5.41, 5.74) is 3.46. The van der Waals surface area contributed by atoms with Gasteiger partial charge < -0.3 is 14.6 Å². The zero-order chi connectivity index (χ0) is 17.7. The summed E-state index contributed by atoms with van der Waals surface area (Å²) in [7, 11) is 1.68. The highest BCUT2D eigenvalue weighted by Crippen LogP contribution is 2.36. The average molecular weight is 343 g/mol. The number of nitrogens with one attached hydrogen (secondary N) is 1. The third-order valence-electron chi connectivity index (χ3n) is 4.98. The highest BCUT2D eigenvalue weighted by molar-refractivity contribution is 6.07. The van der Waals surface area contributed by atoms with Crippen molar-refractivity contribution in [2.24, 2.45) is 0 Å². The Hall–Kier alpha value is -3.34. The first-order valence-corrected chi connectivity index (χ1v) is 8.61. The molecule has 2 heterocycles. The Morgan fingerprint density at radius 2 is 1.85 bits per heavy atom. The second-order valence-corrected chi connectivity index (χ2v) is 6.38. The number of benzene rings is 3. The number of nitrogens with zero attached hydrogens (tertiary/aromatic N) is 2. The minimum atomic E-state index is -0.0413. The van der Waals surface area contributed by atoms with Crippen LogP contribution in [0.3, 0.4) is 0 Å². The van der Waals surface area contributed by atoms with Crippen LogP contribution in [0.2, 0.25) is 0 Å². The monoisotopic (exact) mass is 343 g/mol. The van der Waals surface area contributed by atoms with E-state index < -0.39 is 0 Å². The molecule has 128 valence electrons. The van der Waals surface area contributed by atoms with E-state index in [9.17, 15) is 4.79 Å². The van der Waals surface area contributed by atoms with Gasteiger partial charge in [-0.25, -0.2) is 4.98 Å². The van der Waals surface area contributed by atoms with Crippen LogP contribution in [0.5, 0.6) is 5.75 Å². The number of fused-ring (bicyclic) bond motifs is 1. The first-order chi connectivity index (χ1) is 12.8. The van der Waals surface area contributed by atoms with Gasteiger partial charge in [-0.3, -0.25) is 4.79 Å². The fraction of sp³-hybridized carbons (Fsp3) is 0.143. The lowest BCUT2D eigenvalue weighted by Gasteiger charge is -2.12. The van der Waals surface area contributed by atoms with E-state index in [1.807, 2.05) is 42.5 Å². The molecule has 1 aliphatic rings. The maximum absolute atomic E-state index is 12.4. The number of hydrogen-bond donors (Lipinski definition) is 1. The molecule has 5 rings (SSSR count). The van der Waals surface area contributed by atoms with E-state index in [4.69, 9.17) is 9.72 Å². The van der Waals surface area contributed by atoms with Crippen LogP contribution in [-0.4, -0.2) is 29.1 Å². The number of hydrogen-bond acceptors (Lipinski definition) is 3. The summed E-state index contributed by atoms with van der Waals surface area (Å²) in [6, 6.07) is 17.9. The van der Waals surface area contributed by atoms with Gasteiger partial charge in [0.15, 0.2) is 0 Å². The number of ether oxygens (including phenoxy) is 1. The molecular weight excluding hydrogens is 326 g/mol. The first-order valence-electron chi connectivity index (χ1n) is 8.61. The number of methoxy groups -OCH3 is 1. The summed E-state index contributed by atoms with van der Waals surface area (Å²) in [6.45, 7) is 1.27. The van der Waals surface area contributed by atoms with Crippen molar-refractivity contribution in [1.82, 2.24) is 14.9 Å². The number of amides is 1. The zero-order valence-corrected chi connectivity index (χ0v) is 14.3. The molecule has 0 saturated carbocycles. The van der Waals surface area contributed by atoms with Crippen molar-refractivity contribution in [3.8, 4) is 17.1 Å². The van der Waals surface area contributed by atoms with E-state index in [0.29, 0.717) is 18.7 Å². The number of para-hydroxylation sites is 1. The van der Waals surface area contributed by atoms with Crippen LogP contribution in [0.4, 0.5) is 0 Å². The summed E-state index contributed by atoms with van der Waals surface area (Å²) >= 11 is 0. The van der Waals surface area contributed by atoms with Gasteiger partial charge in [-0.1, -0.05) is 30.3 Å². The highest BCUT2D eigenvalue weighted by atomic mass is 16.5. The molecule has 0 radical (unpaired) electrons. The van der Waals surface area contributed by atoms with Crippen LogP contribution < -0.4 is 10.1 Å². The van der Waals surface area contributed by atoms with E-state index in [0.717, 1.165) is 38.9 Å². The lowest BCUT2D eigenvalue weighted by atomic mass is 10.0. The Labute approximate surface area is 150 Å². The molecule has 1 aliphatic heterocycles. The van der Waals surface area contributed by atoms with Gasteiger partial charge in [0.1, 0.15) is 11.6 Å². The van der Waals surface area contributed by atoms with Crippen LogP contribution in [0.1, 0.15) is 10.4 Å². The molecule has 3 aromatic carbocycles. The molecule has 1 amide bonds. The molecule has 0 bridgehead atoms. The molecule has 0 unspecified atom stereocenters. The molecule has 0 aliphatic carbocycles. The predicted molar refractivity (Wildman–Crippen MR) is 102 cm³/mol. The minimum Gasteiger partial charge on any atom is -0.496 e. The second kappa shape index (κ2) is 5.59. The Kier molecular flexibility index (Phi) is 3.22. The fourth-order valence-corrected chi connectivity index (χ4v) is 3.81. The van der Waals surface area contributed by atoms with Gasteiger partial charge in [0.25, 0.3) is 5.91 Å². The number of imidazole rings is 1. The van der Waals surface area contributed by atoms with Crippen LogP contribution in [0.15, 0.2) is 54.6 Å². The second-order valence-electron chi connectivity index (χ2n) is 6.38. The van der Waals surface area contributed by atoms with E-state index in [1.54, 1.807) is 7.11 Å². The minimum absolute atomic E-state index is 0.0413. The molecule has 0 saturated heterocycles. The highest BCUT2D eigenvalue weighted by Gasteiger charge is 2.22. The van der Waals surface area contributed by atoms with E-state index in [-0.39, 0.29) is 5.91 Å². The Bertz CT molecular complexity index is 1180. The largest absolute Gasteiger partial charge is 0.496 e. The van der Waals surface area contributed by atoms with Crippen molar-refractivity contribution in [2.75, 3.05) is 13.7 Å². The van der Waals surface area contributed by atoms with Crippen molar-refractivity contribution >= 4 is 27.7 Å². The van der Waals surface area contributed by atoms with Gasteiger partial charge in [0.05, 0.1) is 23.7 Å². The molecule has 5 nitrogen and oxygen atoms in total. The summed E-state index contributed by atoms with van der Waals surface area (Å²) in [5.74, 6) is 1.68. The lowest BCUT2D eigenvalue weighted by molar-refractivity contribution is 0.0956. The van der Waals surface area contributed by atoms with Crippen LogP contribution in [0, 0.1) is 0 Å². The van der Waals surface area contributed by atoms with Gasteiger partial charge in [-0.05, 0) is 29.7 Å². The summed E-state index contributed by atoms with van der Waals surface area (Å²) in [6.07, 6.45) is 0. The maximum Gasteiger partial charge on any atom is 0.253 e. The quantitative estimate of drug-likeness (QED) is 0.605. The summed E-state index contributed by atoms with van der Waals surface area (Å²) < 4.78 is 7.67. The van der Waals surface area contributed by atoms with Gasteiger partial charge in [-0.15, -0.1) is 0 Å². The average Bonchev–Trinajstić information content (AvgIpc) is 2.96. The number of aromatic nitrogens is 2. The zero-order valence-electron chi connectivity index (χ0n) is 14.3. The van der Waals surface area contributed by atoms with Crippen molar-refractivity contribution in [3.05, 3.63) is 60.2 Å². The lowest BCUT2D eigenvalue weighted by Crippen LogP contribution is -2.24. The van der Waals surface area contributed by atoms with Crippen molar-refractivity contribution in [2.45, 2.75) is 6.54 Å². The predicted octanol–water partition coefficient (Wildman–Crippen LogP) is 3.61. The van der Waals surface area contributed by atoms with Crippen LogP contribution >= 0.6 is 0 Å². The van der Waals surface area contributed by atoms with Crippen LogP contribution in [0.25, 0.3) is 33.2 Å². The number of carbonyl (C=O) groups is 1. The molecule has 1 aromatic heterocycles. The Balaban J connectivity index is 1.86. The van der Waals surface area contributed by atoms with Gasteiger partial charge in [0.2, 0.25) is 0 Å². The topological polar surface area (TPSA) is 56.1 Å². The van der Waals surface area contributed by atoms with E-state index in [1.165, 1.54) is 0 Å². The van der Waals surface area contributed by atoms with Gasteiger partial charge in [-0.2, -0.15) is 0 Å². The molecule has 0 atom stereocenters. The van der Waals surface area contributed by atoms with Crippen molar-refractivity contribution in [3.63, 3.8) is 0 Å². The molecule has 0 fully saturated rings. The molecule has 26 heavy (non-hydrogen) atoms. The maximum atomic E-state index is 12.4. The molecule has 1 N–H and O–H groups in total. The SMILES string of the molecule is COc1ccc(-c2nc3cccc4c3n2CCNC4=O)c2ccccc12. The summed E-state index contributed by atoms with van der Waals surface area (Å²) in [5, 5.41) is 5.10. The van der Waals surface area contributed by atoms with Crippen molar-refractivity contribution < 1.29 is 9.53 Å². The third kappa shape index (κ3) is 2.03. The first kappa shape index (κ1) is 15.0. The Morgan fingerprint density at radius 3 is 2.69 bits per heavy atom. The summed E-state index contributed by atoms with van der Waals surface area (Å²) in [4.78, 5) is 17.2. The van der Waals surface area contributed by atoms with Gasteiger partial charge >= 0.3 is 0 Å². The smallest absolute Gasteiger partial charge is 0.253 e. The molecular formula is C21H17N3O2. The molecule has 5 heteroatoms. The van der Waals surface area contributed by atoms with Gasteiger partial charge in [0, 0.05) is 24.0 Å². The van der Waals surface area contributed by atoms with E-state index >= 15 is 0 Å². The number of rotatable bonds is 2. The van der Waals surface area contributed by atoms with Crippen molar-refractivity contribution in [1.29, 1.82) is 0 Å². The molecule has 0 spiro atoms. The molecule has 4 aromatic rings. The van der Waals surface area contributed by atoms with E-state index in [2.05, 4.69) is 22.0 Å².